The Morgan fingerprint density at radius 2 is 2.12 bits per heavy atom. The Morgan fingerprint density at radius 1 is 1.44 bits per heavy atom. The topological polar surface area (TPSA) is 55.4 Å². The molecule has 16 heavy (non-hydrogen) atoms. The van der Waals surface area contributed by atoms with Crippen LogP contribution >= 0.6 is 11.6 Å². The fourth-order valence-corrected chi connectivity index (χ4v) is 2.39. The summed E-state index contributed by atoms with van der Waals surface area (Å²) in [5.74, 6) is 0. The van der Waals surface area contributed by atoms with Gasteiger partial charge in [-0.3, -0.25) is 0 Å². The maximum Gasteiger partial charge on any atom is 0.240 e. The third-order valence-electron chi connectivity index (χ3n) is 2.05. The summed E-state index contributed by atoms with van der Waals surface area (Å²) in [6, 6.07) is 4.63. The highest BCUT2D eigenvalue weighted by Crippen LogP contribution is 2.19. The second kappa shape index (κ2) is 5.63. The van der Waals surface area contributed by atoms with Crippen molar-refractivity contribution in [2.45, 2.75) is 11.8 Å². The molecule has 1 N–H and O–H groups in total. The molecule has 0 aromatic heterocycles. The molecule has 0 unspecified atom stereocenters. The second-order valence-electron chi connectivity index (χ2n) is 3.30. The lowest BCUT2D eigenvalue weighted by Crippen LogP contribution is -2.27. The van der Waals surface area contributed by atoms with Crippen LogP contribution in [0.5, 0.6) is 0 Å². The smallest absolute Gasteiger partial charge is 0.240 e. The van der Waals surface area contributed by atoms with E-state index in [1.807, 2.05) is 6.92 Å². The zero-order chi connectivity index (χ0) is 12.2. The van der Waals surface area contributed by atoms with Crippen molar-refractivity contribution in [2.24, 2.45) is 0 Å². The fraction of sp³-hybridized carbons (Fsp3) is 0.400. The number of hydrogen-bond acceptors (Lipinski definition) is 3. The van der Waals surface area contributed by atoms with Gasteiger partial charge in [-0.05, 0) is 24.6 Å². The van der Waals surface area contributed by atoms with Gasteiger partial charge < -0.3 is 4.74 Å². The van der Waals surface area contributed by atoms with Crippen LogP contribution in [0, 0.1) is 6.92 Å². The van der Waals surface area contributed by atoms with Crippen LogP contribution in [0.25, 0.3) is 0 Å². The number of rotatable bonds is 5. The van der Waals surface area contributed by atoms with E-state index in [2.05, 4.69) is 4.72 Å². The molecule has 0 aliphatic heterocycles. The normalized spacial score (nSPS) is 11.7. The molecule has 0 atom stereocenters. The molecule has 0 saturated carbocycles. The van der Waals surface area contributed by atoms with Crippen molar-refractivity contribution < 1.29 is 13.2 Å². The molecule has 0 radical (unpaired) electrons. The number of benzene rings is 1. The van der Waals surface area contributed by atoms with Crippen LogP contribution < -0.4 is 4.72 Å². The van der Waals surface area contributed by atoms with E-state index in [-0.39, 0.29) is 11.4 Å². The van der Waals surface area contributed by atoms with Crippen molar-refractivity contribution >= 4 is 21.6 Å². The summed E-state index contributed by atoms with van der Waals surface area (Å²) in [5.41, 5.74) is 0.845. The maximum absolute atomic E-state index is 11.7. The first-order valence-electron chi connectivity index (χ1n) is 4.72. The van der Waals surface area contributed by atoms with Crippen molar-refractivity contribution in [2.75, 3.05) is 20.3 Å². The SMILES string of the molecule is COCCNS(=O)(=O)c1ccc(C)c(Cl)c1. The molecular formula is C10H14ClNO3S. The van der Waals surface area contributed by atoms with E-state index in [4.69, 9.17) is 16.3 Å². The van der Waals surface area contributed by atoms with Gasteiger partial charge in [-0.25, -0.2) is 13.1 Å². The molecule has 1 aromatic rings. The van der Waals surface area contributed by atoms with Crippen LogP contribution in [0.15, 0.2) is 23.1 Å². The van der Waals surface area contributed by atoms with E-state index >= 15 is 0 Å². The van der Waals surface area contributed by atoms with Crippen molar-refractivity contribution in [1.82, 2.24) is 4.72 Å². The summed E-state index contributed by atoms with van der Waals surface area (Å²) in [6.07, 6.45) is 0. The summed E-state index contributed by atoms with van der Waals surface area (Å²) >= 11 is 5.86. The number of aryl methyl sites for hydroxylation is 1. The number of nitrogens with one attached hydrogen (secondary N) is 1. The van der Waals surface area contributed by atoms with Crippen molar-refractivity contribution in [3.63, 3.8) is 0 Å². The predicted molar refractivity (Wildman–Crippen MR) is 63.3 cm³/mol. The quantitative estimate of drug-likeness (QED) is 0.821. The van der Waals surface area contributed by atoms with Crippen LogP contribution in [0.3, 0.4) is 0 Å². The Hall–Kier alpha value is -0.620. The van der Waals surface area contributed by atoms with Gasteiger partial charge in [0, 0.05) is 18.7 Å². The summed E-state index contributed by atoms with van der Waals surface area (Å²) in [5, 5.41) is 0.439. The molecule has 0 fully saturated rings. The van der Waals surface area contributed by atoms with Gasteiger partial charge in [-0.2, -0.15) is 0 Å². The van der Waals surface area contributed by atoms with Crippen molar-refractivity contribution in [3.05, 3.63) is 28.8 Å². The highest BCUT2D eigenvalue weighted by molar-refractivity contribution is 7.89. The molecule has 0 heterocycles. The van der Waals surface area contributed by atoms with Crippen molar-refractivity contribution in [3.8, 4) is 0 Å². The van der Waals surface area contributed by atoms with Crippen LogP contribution in [-0.2, 0) is 14.8 Å². The predicted octanol–water partition coefficient (Wildman–Crippen LogP) is 1.57. The highest BCUT2D eigenvalue weighted by atomic mass is 35.5. The summed E-state index contributed by atoms with van der Waals surface area (Å²) in [6.45, 7) is 2.39. The van der Waals surface area contributed by atoms with E-state index in [0.717, 1.165) is 5.56 Å². The van der Waals surface area contributed by atoms with Gasteiger partial charge in [0.2, 0.25) is 10.0 Å². The van der Waals surface area contributed by atoms with E-state index < -0.39 is 10.0 Å². The molecule has 1 rings (SSSR count). The maximum atomic E-state index is 11.7. The Bertz CT molecular complexity index is 459. The number of ether oxygens (including phenoxy) is 1. The molecule has 6 heteroatoms. The first kappa shape index (κ1) is 13.4. The Balaban J connectivity index is 2.86. The van der Waals surface area contributed by atoms with Gasteiger partial charge in [-0.15, -0.1) is 0 Å². The molecule has 4 nitrogen and oxygen atoms in total. The molecule has 0 amide bonds. The minimum atomic E-state index is -3.49. The summed E-state index contributed by atoms with van der Waals surface area (Å²) < 4.78 is 30.7. The molecule has 0 aliphatic carbocycles. The zero-order valence-electron chi connectivity index (χ0n) is 9.16. The van der Waals surface area contributed by atoms with E-state index in [1.54, 1.807) is 6.07 Å². The molecular weight excluding hydrogens is 250 g/mol. The van der Waals surface area contributed by atoms with Crippen molar-refractivity contribution in [1.29, 1.82) is 0 Å². The lowest BCUT2D eigenvalue weighted by atomic mass is 10.2. The number of methoxy groups -OCH3 is 1. The first-order chi connectivity index (χ1) is 7.47. The lowest BCUT2D eigenvalue weighted by Gasteiger charge is -2.07. The largest absolute Gasteiger partial charge is 0.383 e. The van der Waals surface area contributed by atoms with Gasteiger partial charge >= 0.3 is 0 Å². The monoisotopic (exact) mass is 263 g/mol. The van der Waals surface area contributed by atoms with Gasteiger partial charge in [0.15, 0.2) is 0 Å². The van der Waals surface area contributed by atoms with Gasteiger partial charge in [0.05, 0.1) is 11.5 Å². The standard InChI is InChI=1S/C10H14ClNO3S/c1-8-3-4-9(7-10(8)11)16(13,14)12-5-6-15-2/h3-4,7,12H,5-6H2,1-2H3. The van der Waals surface area contributed by atoms with E-state index in [9.17, 15) is 8.42 Å². The minimum absolute atomic E-state index is 0.166. The highest BCUT2D eigenvalue weighted by Gasteiger charge is 2.13. The summed E-state index contributed by atoms with van der Waals surface area (Å²) in [7, 11) is -1.98. The Kier molecular flexibility index (Phi) is 4.73. The molecule has 1 aromatic carbocycles. The molecule has 0 bridgehead atoms. The van der Waals surface area contributed by atoms with Crippen LogP contribution in [0.1, 0.15) is 5.56 Å². The average molecular weight is 264 g/mol. The molecule has 0 aliphatic rings. The first-order valence-corrected chi connectivity index (χ1v) is 6.58. The number of hydrogen-bond donors (Lipinski definition) is 1. The van der Waals surface area contributed by atoms with Gasteiger partial charge in [0.25, 0.3) is 0 Å². The van der Waals surface area contributed by atoms with E-state index in [1.165, 1.54) is 19.2 Å². The lowest BCUT2D eigenvalue weighted by molar-refractivity contribution is 0.204. The molecule has 90 valence electrons. The van der Waals surface area contributed by atoms with Crippen LogP contribution in [-0.4, -0.2) is 28.7 Å². The molecule has 0 spiro atoms. The van der Waals surface area contributed by atoms with E-state index in [0.29, 0.717) is 11.6 Å². The van der Waals surface area contributed by atoms with Crippen LogP contribution in [0.4, 0.5) is 0 Å². The van der Waals surface area contributed by atoms with Gasteiger partial charge in [0.1, 0.15) is 0 Å². The van der Waals surface area contributed by atoms with Crippen LogP contribution in [0.2, 0.25) is 5.02 Å². The zero-order valence-corrected chi connectivity index (χ0v) is 10.7. The summed E-state index contributed by atoms with van der Waals surface area (Å²) in [4.78, 5) is 0.166. The Labute approximate surface area is 101 Å². The third kappa shape index (κ3) is 3.45. The number of halogens is 1. The van der Waals surface area contributed by atoms with Gasteiger partial charge in [-0.1, -0.05) is 17.7 Å². The second-order valence-corrected chi connectivity index (χ2v) is 5.48. The molecule has 0 saturated heterocycles. The number of sulfonamides is 1. The Morgan fingerprint density at radius 3 is 2.69 bits per heavy atom. The third-order valence-corrected chi connectivity index (χ3v) is 3.92. The fourth-order valence-electron chi connectivity index (χ4n) is 1.10. The minimum Gasteiger partial charge on any atom is -0.383 e. The average Bonchev–Trinajstić information content (AvgIpc) is 2.22.